The van der Waals surface area contributed by atoms with Crippen LogP contribution in [-0.4, -0.2) is 21.2 Å². The summed E-state index contributed by atoms with van der Waals surface area (Å²) in [5.74, 6) is 0.642. The number of hydrogen-bond donors (Lipinski definition) is 1. The lowest BCUT2D eigenvalue weighted by atomic mass is 10.1. The fourth-order valence-corrected chi connectivity index (χ4v) is 2.49. The van der Waals surface area contributed by atoms with Gasteiger partial charge in [0.05, 0.1) is 13.0 Å². The molecule has 4 rings (SSSR count). The minimum absolute atomic E-state index is 0.122. The molecular weight excluding hydrogens is 320 g/mol. The Morgan fingerprint density at radius 1 is 0.960 bits per heavy atom. The molecule has 0 saturated heterocycles. The molecule has 0 radical (unpaired) electrons. The Morgan fingerprint density at radius 3 is 2.64 bits per heavy atom. The highest BCUT2D eigenvalue weighted by atomic mass is 16.5. The van der Waals surface area contributed by atoms with Gasteiger partial charge in [-0.25, -0.2) is 0 Å². The average Bonchev–Trinajstić information content (AvgIpc) is 3.28. The summed E-state index contributed by atoms with van der Waals surface area (Å²) >= 11 is 0. The third-order valence-electron chi connectivity index (χ3n) is 3.72. The summed E-state index contributed by atoms with van der Waals surface area (Å²) in [6, 6.07) is 16.9. The maximum Gasteiger partial charge on any atom is 0.246 e. The number of fused-ring (bicyclic) bond motifs is 1. The number of hydrogen-bond acceptors (Lipinski definition) is 6. The minimum atomic E-state index is -0.196. The summed E-state index contributed by atoms with van der Waals surface area (Å²) in [5, 5.41) is 11.4. The van der Waals surface area contributed by atoms with Crippen molar-refractivity contribution in [3.63, 3.8) is 0 Å². The highest BCUT2D eigenvalue weighted by Gasteiger charge is 2.13. The van der Waals surface area contributed by atoms with Crippen molar-refractivity contribution < 1.29 is 13.8 Å². The second-order valence-corrected chi connectivity index (χ2v) is 5.46. The first-order valence-corrected chi connectivity index (χ1v) is 7.77. The second-order valence-electron chi connectivity index (χ2n) is 5.46. The maximum absolute atomic E-state index is 12.1. The first-order chi connectivity index (χ1) is 12.3. The Morgan fingerprint density at radius 2 is 1.76 bits per heavy atom. The molecule has 2 aromatic heterocycles. The third-order valence-corrected chi connectivity index (χ3v) is 3.72. The van der Waals surface area contributed by atoms with Gasteiger partial charge in [-0.2, -0.15) is 4.98 Å². The van der Waals surface area contributed by atoms with Gasteiger partial charge < -0.3 is 14.4 Å². The zero-order valence-corrected chi connectivity index (χ0v) is 13.2. The first kappa shape index (κ1) is 15.1. The van der Waals surface area contributed by atoms with Crippen LogP contribution in [0.4, 0.5) is 0 Å². The molecule has 0 aliphatic carbocycles. The zero-order chi connectivity index (χ0) is 17.1. The van der Waals surface area contributed by atoms with Crippen LogP contribution in [0.3, 0.4) is 0 Å². The number of amides is 1. The van der Waals surface area contributed by atoms with E-state index in [9.17, 15) is 4.79 Å². The van der Waals surface area contributed by atoms with Crippen LogP contribution in [-0.2, 0) is 17.8 Å². The molecule has 1 N–H and O–H groups in total. The lowest BCUT2D eigenvalue weighted by Crippen LogP contribution is -2.24. The second kappa shape index (κ2) is 6.56. The Labute approximate surface area is 142 Å². The molecule has 0 saturated carbocycles. The van der Waals surface area contributed by atoms with Crippen LogP contribution in [0.5, 0.6) is 0 Å². The van der Waals surface area contributed by atoms with Crippen molar-refractivity contribution in [3.05, 3.63) is 66.2 Å². The standard InChI is InChI=1S/C18H14N4O3/c23-16(10-14-13-8-4-5-9-15(13)24-21-14)19-11-17-20-18(22-25-17)12-6-2-1-3-7-12/h1-9H,10-11H2,(H,19,23). The van der Waals surface area contributed by atoms with Gasteiger partial charge in [-0.15, -0.1) is 0 Å². The van der Waals surface area contributed by atoms with Crippen molar-refractivity contribution in [2.45, 2.75) is 13.0 Å². The number of benzene rings is 2. The first-order valence-electron chi connectivity index (χ1n) is 7.77. The molecule has 0 fully saturated rings. The third kappa shape index (κ3) is 3.25. The van der Waals surface area contributed by atoms with E-state index in [2.05, 4.69) is 20.6 Å². The number of rotatable bonds is 5. The number of aromatic nitrogens is 3. The van der Waals surface area contributed by atoms with E-state index in [0.29, 0.717) is 23.0 Å². The minimum Gasteiger partial charge on any atom is -0.356 e. The lowest BCUT2D eigenvalue weighted by Gasteiger charge is -2.00. The molecule has 7 heteroatoms. The van der Waals surface area contributed by atoms with Crippen LogP contribution in [0.1, 0.15) is 11.6 Å². The topological polar surface area (TPSA) is 94.1 Å². The van der Waals surface area contributed by atoms with Gasteiger partial charge >= 0.3 is 0 Å². The van der Waals surface area contributed by atoms with Gasteiger partial charge in [-0.3, -0.25) is 4.79 Å². The summed E-state index contributed by atoms with van der Waals surface area (Å²) in [7, 11) is 0. The van der Waals surface area contributed by atoms with Crippen molar-refractivity contribution in [1.82, 2.24) is 20.6 Å². The summed E-state index contributed by atoms with van der Waals surface area (Å²) in [6.07, 6.45) is 0.122. The molecule has 2 aromatic carbocycles. The molecule has 0 atom stereocenters. The maximum atomic E-state index is 12.1. The number of para-hydroxylation sites is 1. The van der Waals surface area contributed by atoms with E-state index >= 15 is 0 Å². The predicted molar refractivity (Wildman–Crippen MR) is 89.3 cm³/mol. The highest BCUT2D eigenvalue weighted by molar-refractivity contribution is 5.86. The van der Waals surface area contributed by atoms with E-state index in [-0.39, 0.29) is 18.9 Å². The molecule has 2 heterocycles. The van der Waals surface area contributed by atoms with Crippen LogP contribution in [0.2, 0.25) is 0 Å². The van der Waals surface area contributed by atoms with Crippen LogP contribution in [0.25, 0.3) is 22.4 Å². The zero-order valence-electron chi connectivity index (χ0n) is 13.2. The summed E-state index contributed by atoms with van der Waals surface area (Å²) in [4.78, 5) is 16.4. The van der Waals surface area contributed by atoms with E-state index in [1.165, 1.54) is 0 Å². The molecule has 25 heavy (non-hydrogen) atoms. The van der Waals surface area contributed by atoms with E-state index in [1.807, 2.05) is 54.6 Å². The van der Waals surface area contributed by atoms with E-state index < -0.39 is 0 Å². The van der Waals surface area contributed by atoms with Crippen molar-refractivity contribution in [2.75, 3.05) is 0 Å². The molecule has 0 unspecified atom stereocenters. The molecule has 0 spiro atoms. The Hall–Kier alpha value is -3.48. The number of carbonyl (C=O) groups is 1. The molecule has 124 valence electrons. The smallest absolute Gasteiger partial charge is 0.246 e. The normalized spacial score (nSPS) is 10.9. The van der Waals surface area contributed by atoms with Crippen molar-refractivity contribution in [1.29, 1.82) is 0 Å². The van der Waals surface area contributed by atoms with Gasteiger partial charge in [0.2, 0.25) is 17.6 Å². The molecule has 4 aromatic rings. The summed E-state index contributed by atoms with van der Waals surface area (Å²) in [5.41, 5.74) is 2.12. The monoisotopic (exact) mass is 334 g/mol. The van der Waals surface area contributed by atoms with Crippen LogP contribution in [0.15, 0.2) is 63.6 Å². The Balaban J connectivity index is 1.38. The Bertz CT molecular complexity index is 1010. The van der Waals surface area contributed by atoms with Crippen LogP contribution >= 0.6 is 0 Å². The quantitative estimate of drug-likeness (QED) is 0.603. The molecule has 0 bridgehead atoms. The van der Waals surface area contributed by atoms with Gasteiger partial charge in [0.1, 0.15) is 5.69 Å². The largest absolute Gasteiger partial charge is 0.356 e. The van der Waals surface area contributed by atoms with Crippen molar-refractivity contribution in [2.24, 2.45) is 0 Å². The summed E-state index contributed by atoms with van der Waals surface area (Å²) in [6.45, 7) is 0.161. The molecule has 1 amide bonds. The van der Waals surface area contributed by atoms with E-state index in [0.717, 1.165) is 10.9 Å². The molecular formula is C18H14N4O3. The lowest BCUT2D eigenvalue weighted by molar-refractivity contribution is -0.120. The number of nitrogens with one attached hydrogen (secondary N) is 1. The highest BCUT2D eigenvalue weighted by Crippen LogP contribution is 2.18. The summed E-state index contributed by atoms with van der Waals surface area (Å²) < 4.78 is 10.4. The van der Waals surface area contributed by atoms with Gasteiger partial charge in [-0.05, 0) is 12.1 Å². The van der Waals surface area contributed by atoms with E-state index in [1.54, 1.807) is 0 Å². The van der Waals surface area contributed by atoms with Gasteiger partial charge in [-0.1, -0.05) is 52.8 Å². The number of carbonyl (C=O) groups excluding carboxylic acids is 1. The van der Waals surface area contributed by atoms with E-state index in [4.69, 9.17) is 9.05 Å². The predicted octanol–water partition coefficient (Wildman–Crippen LogP) is 2.74. The molecule has 0 aliphatic heterocycles. The number of nitrogens with zero attached hydrogens (tertiary/aromatic N) is 3. The van der Waals surface area contributed by atoms with Gasteiger partial charge in [0.25, 0.3) is 0 Å². The Kier molecular flexibility index (Phi) is 3.96. The van der Waals surface area contributed by atoms with Crippen molar-refractivity contribution >= 4 is 16.9 Å². The molecule has 0 aliphatic rings. The average molecular weight is 334 g/mol. The van der Waals surface area contributed by atoms with Gasteiger partial charge in [0.15, 0.2) is 5.58 Å². The van der Waals surface area contributed by atoms with Crippen LogP contribution in [0, 0.1) is 0 Å². The van der Waals surface area contributed by atoms with Gasteiger partial charge in [0, 0.05) is 10.9 Å². The fraction of sp³-hybridized carbons (Fsp3) is 0.111. The fourth-order valence-electron chi connectivity index (χ4n) is 2.49. The van der Waals surface area contributed by atoms with Crippen LogP contribution < -0.4 is 5.32 Å². The van der Waals surface area contributed by atoms with Crippen molar-refractivity contribution in [3.8, 4) is 11.4 Å². The molecule has 7 nitrogen and oxygen atoms in total. The SMILES string of the molecule is O=C(Cc1noc2ccccc12)NCc1nc(-c2ccccc2)no1.